The quantitative estimate of drug-likeness (QED) is 0.825. The summed E-state index contributed by atoms with van der Waals surface area (Å²) in [6, 6.07) is -0.249. The van der Waals surface area contributed by atoms with Crippen LogP contribution in [0.3, 0.4) is 0 Å². The van der Waals surface area contributed by atoms with Crippen LogP contribution < -0.4 is 0 Å². The molecule has 2 heterocycles. The average molecular weight is 266 g/mol. The van der Waals surface area contributed by atoms with Crippen molar-refractivity contribution in [2.45, 2.75) is 25.1 Å². The lowest BCUT2D eigenvalue weighted by Crippen LogP contribution is -2.51. The van der Waals surface area contributed by atoms with Crippen molar-refractivity contribution in [3.63, 3.8) is 0 Å². The molecule has 0 radical (unpaired) electrons. The number of alkyl halides is 3. The van der Waals surface area contributed by atoms with E-state index in [9.17, 15) is 18.0 Å². The molecule has 1 N–H and O–H groups in total. The van der Waals surface area contributed by atoms with Crippen LogP contribution in [0.25, 0.3) is 0 Å². The van der Waals surface area contributed by atoms with E-state index in [1.54, 1.807) is 0 Å². The number of halogens is 3. The maximum atomic E-state index is 12.5. The molecule has 3 atom stereocenters. The first-order valence-corrected chi connectivity index (χ1v) is 6.10. The van der Waals surface area contributed by atoms with Crippen molar-refractivity contribution in [2.24, 2.45) is 5.92 Å². The van der Waals surface area contributed by atoms with E-state index in [1.807, 2.05) is 0 Å². The number of carboxylic acid groups (broad SMARTS) is 1. The minimum absolute atomic E-state index is 0.181. The van der Waals surface area contributed by atoms with E-state index < -0.39 is 25.2 Å². The lowest BCUT2D eigenvalue weighted by atomic mass is 9.92. The molecule has 104 valence electrons. The Balaban J connectivity index is 2.05. The Morgan fingerprint density at radius 3 is 2.61 bits per heavy atom. The number of hydrogen-bond donors (Lipinski definition) is 1. The molecule has 2 fully saturated rings. The predicted octanol–water partition coefficient (Wildman–Crippen LogP) is 1.03. The number of aliphatic carboxylic acids is 1. The first-order valence-electron chi connectivity index (χ1n) is 6.10. The highest BCUT2D eigenvalue weighted by Crippen LogP contribution is 2.32. The Kier molecular flexibility index (Phi) is 3.82. The molecule has 0 amide bonds. The number of carboxylic acids is 1. The van der Waals surface area contributed by atoms with E-state index in [0.717, 1.165) is 31.0 Å². The minimum Gasteiger partial charge on any atom is -0.480 e. The molecule has 4 nitrogen and oxygen atoms in total. The van der Waals surface area contributed by atoms with E-state index in [4.69, 9.17) is 5.11 Å². The molecule has 2 aliphatic rings. The van der Waals surface area contributed by atoms with Crippen LogP contribution in [-0.4, -0.2) is 65.8 Å². The molecular weight excluding hydrogens is 249 g/mol. The van der Waals surface area contributed by atoms with E-state index in [1.165, 1.54) is 0 Å². The largest absolute Gasteiger partial charge is 0.480 e. The molecule has 7 heteroatoms. The fourth-order valence-electron chi connectivity index (χ4n) is 3.11. The van der Waals surface area contributed by atoms with Gasteiger partial charge in [0.25, 0.3) is 0 Å². The maximum Gasteiger partial charge on any atom is 0.401 e. The van der Waals surface area contributed by atoms with Crippen molar-refractivity contribution in [3.05, 3.63) is 0 Å². The highest BCUT2D eigenvalue weighted by molar-refractivity contribution is 5.69. The Morgan fingerprint density at radius 1 is 1.33 bits per heavy atom. The van der Waals surface area contributed by atoms with Gasteiger partial charge in [-0.1, -0.05) is 0 Å². The van der Waals surface area contributed by atoms with Gasteiger partial charge in [0.2, 0.25) is 0 Å². The standard InChI is InChI=1S/C11H17F3N2O2/c12-11(13,14)7-16(6-10(17)18)9-2-4-15-3-1-8(9)5-15/h8-9H,1-7H2,(H,17,18). The number of rotatable bonds is 4. The summed E-state index contributed by atoms with van der Waals surface area (Å²) in [7, 11) is 0. The number of hydrogen-bond acceptors (Lipinski definition) is 3. The van der Waals surface area contributed by atoms with Crippen LogP contribution in [0.2, 0.25) is 0 Å². The molecule has 3 unspecified atom stereocenters. The third kappa shape index (κ3) is 3.35. The molecule has 0 aromatic carbocycles. The molecule has 0 aromatic rings. The molecule has 2 aliphatic heterocycles. The van der Waals surface area contributed by atoms with Gasteiger partial charge in [0.05, 0.1) is 13.1 Å². The van der Waals surface area contributed by atoms with Crippen molar-refractivity contribution in [1.29, 1.82) is 0 Å². The summed E-state index contributed by atoms with van der Waals surface area (Å²) in [5.41, 5.74) is 0. The molecule has 2 bridgehead atoms. The number of carbonyl (C=O) groups is 1. The van der Waals surface area contributed by atoms with Crippen LogP contribution in [0.5, 0.6) is 0 Å². The highest BCUT2D eigenvalue weighted by Gasteiger charge is 2.41. The third-order valence-electron chi connectivity index (χ3n) is 3.78. The van der Waals surface area contributed by atoms with Gasteiger partial charge >= 0.3 is 12.1 Å². The lowest BCUT2D eigenvalue weighted by molar-refractivity contribution is -0.161. The van der Waals surface area contributed by atoms with Crippen molar-refractivity contribution in [2.75, 3.05) is 32.7 Å². The van der Waals surface area contributed by atoms with Crippen LogP contribution in [0.4, 0.5) is 13.2 Å². The summed E-state index contributed by atoms with van der Waals surface area (Å²) in [5.74, 6) is -1.01. The van der Waals surface area contributed by atoms with Gasteiger partial charge in [-0.05, 0) is 31.8 Å². The van der Waals surface area contributed by atoms with Gasteiger partial charge in [0, 0.05) is 12.6 Å². The van der Waals surface area contributed by atoms with Gasteiger partial charge in [-0.15, -0.1) is 0 Å². The van der Waals surface area contributed by atoms with Crippen LogP contribution in [0.1, 0.15) is 12.8 Å². The second kappa shape index (κ2) is 5.05. The van der Waals surface area contributed by atoms with Crippen molar-refractivity contribution in [3.8, 4) is 0 Å². The SMILES string of the molecule is O=C(O)CN(CC(F)(F)F)C1CCN2CCC1C2. The Labute approximate surface area is 103 Å². The normalized spacial score (nSPS) is 31.9. The average Bonchev–Trinajstić information content (AvgIpc) is 2.57. The van der Waals surface area contributed by atoms with Gasteiger partial charge < -0.3 is 10.0 Å². The summed E-state index contributed by atoms with van der Waals surface area (Å²) in [6.07, 6.45) is -2.84. The summed E-state index contributed by atoms with van der Waals surface area (Å²) in [4.78, 5) is 14.0. The van der Waals surface area contributed by atoms with Gasteiger partial charge in [-0.2, -0.15) is 13.2 Å². The number of nitrogens with zero attached hydrogens (tertiary/aromatic N) is 2. The predicted molar refractivity (Wildman–Crippen MR) is 58.2 cm³/mol. The van der Waals surface area contributed by atoms with Crippen LogP contribution >= 0.6 is 0 Å². The first-order chi connectivity index (χ1) is 8.35. The lowest BCUT2D eigenvalue weighted by Gasteiger charge is -2.38. The number of piperidine rings is 1. The summed E-state index contributed by atoms with van der Waals surface area (Å²) in [5, 5.41) is 8.76. The molecule has 2 saturated heterocycles. The van der Waals surface area contributed by atoms with Gasteiger partial charge in [-0.25, -0.2) is 0 Å². The molecule has 0 aliphatic carbocycles. The molecule has 2 rings (SSSR count). The molecular formula is C11H17F3N2O2. The zero-order valence-electron chi connectivity index (χ0n) is 9.99. The first kappa shape index (κ1) is 13.6. The number of fused-ring (bicyclic) bond motifs is 2. The molecule has 0 saturated carbocycles. The molecule has 18 heavy (non-hydrogen) atoms. The monoisotopic (exact) mass is 266 g/mol. The van der Waals surface area contributed by atoms with Crippen molar-refractivity contribution in [1.82, 2.24) is 9.80 Å². The second-order valence-electron chi connectivity index (χ2n) is 5.12. The summed E-state index contributed by atoms with van der Waals surface area (Å²) >= 11 is 0. The summed E-state index contributed by atoms with van der Waals surface area (Å²) in [6.45, 7) is 0.850. The van der Waals surface area contributed by atoms with E-state index in [0.29, 0.717) is 6.42 Å². The van der Waals surface area contributed by atoms with Crippen molar-refractivity contribution >= 4 is 5.97 Å². The Bertz CT molecular complexity index is 322. The second-order valence-corrected chi connectivity index (χ2v) is 5.12. The zero-order valence-corrected chi connectivity index (χ0v) is 9.99. The van der Waals surface area contributed by atoms with Gasteiger partial charge in [0.1, 0.15) is 0 Å². The van der Waals surface area contributed by atoms with Gasteiger partial charge in [-0.3, -0.25) is 9.69 Å². The molecule has 0 aromatic heterocycles. The third-order valence-corrected chi connectivity index (χ3v) is 3.78. The Morgan fingerprint density at radius 2 is 2.00 bits per heavy atom. The van der Waals surface area contributed by atoms with E-state index in [-0.39, 0.29) is 12.0 Å². The van der Waals surface area contributed by atoms with Gasteiger partial charge in [0.15, 0.2) is 0 Å². The van der Waals surface area contributed by atoms with E-state index in [2.05, 4.69) is 4.90 Å². The minimum atomic E-state index is -4.34. The topological polar surface area (TPSA) is 43.8 Å². The molecule has 0 spiro atoms. The summed E-state index contributed by atoms with van der Waals surface area (Å²) < 4.78 is 37.5. The smallest absolute Gasteiger partial charge is 0.401 e. The fraction of sp³-hybridized carbons (Fsp3) is 0.909. The van der Waals surface area contributed by atoms with Crippen LogP contribution in [0.15, 0.2) is 0 Å². The van der Waals surface area contributed by atoms with E-state index >= 15 is 0 Å². The maximum absolute atomic E-state index is 12.5. The van der Waals surface area contributed by atoms with Crippen LogP contribution in [0, 0.1) is 5.92 Å². The highest BCUT2D eigenvalue weighted by atomic mass is 19.4. The van der Waals surface area contributed by atoms with Crippen molar-refractivity contribution < 1.29 is 23.1 Å². The van der Waals surface area contributed by atoms with Crippen LogP contribution in [-0.2, 0) is 4.79 Å². The fourth-order valence-corrected chi connectivity index (χ4v) is 3.11. The zero-order chi connectivity index (χ0) is 13.3. The Hall–Kier alpha value is -0.820.